The van der Waals surface area contributed by atoms with Crippen molar-refractivity contribution in [1.82, 2.24) is 0 Å². The summed E-state index contributed by atoms with van der Waals surface area (Å²) in [5.41, 5.74) is -0.351. The molecule has 0 saturated carbocycles. The minimum Gasteiger partial charge on any atom is -0.291 e. The second-order valence-corrected chi connectivity index (χ2v) is 4.65. The number of hydrogen-bond acceptors (Lipinski definition) is 5. The number of carbonyl (C=O) groups is 2. The van der Waals surface area contributed by atoms with E-state index in [1.807, 2.05) is 30.3 Å². The largest absolute Gasteiger partial charge is 0.291 e. The number of ketones is 2. The van der Waals surface area contributed by atoms with Gasteiger partial charge in [0.25, 0.3) is 0 Å². The highest BCUT2D eigenvalue weighted by molar-refractivity contribution is 6.65. The summed E-state index contributed by atoms with van der Waals surface area (Å²) in [6, 6.07) is 12.2. The highest BCUT2D eigenvalue weighted by Crippen LogP contribution is 2.21. The number of benzene rings is 1. The molecule has 0 saturated heterocycles. The fourth-order valence-electron chi connectivity index (χ4n) is 1.86. The standard InChI is InChI=1S/C15H8ClN3O2/c16-12-13(19-8-9-4-2-1-3-5-9)15(21)11(7-18)10(6-17)14(12)20/h1-5,12H,8H2/t12-/m0/s1. The number of nitriles is 2. The molecular weight excluding hydrogens is 290 g/mol. The van der Waals surface area contributed by atoms with Crippen molar-refractivity contribution in [3.8, 4) is 12.1 Å². The fourth-order valence-corrected chi connectivity index (χ4v) is 2.14. The molecule has 1 atom stereocenters. The first-order valence-corrected chi connectivity index (χ1v) is 6.39. The molecular formula is C15H8ClN3O2. The van der Waals surface area contributed by atoms with Gasteiger partial charge in [0.05, 0.1) is 6.54 Å². The summed E-state index contributed by atoms with van der Waals surface area (Å²) in [6.45, 7) is 0.166. The highest BCUT2D eigenvalue weighted by atomic mass is 35.5. The molecule has 0 radical (unpaired) electrons. The third kappa shape index (κ3) is 2.74. The molecule has 1 aromatic carbocycles. The van der Waals surface area contributed by atoms with Gasteiger partial charge in [-0.3, -0.25) is 14.6 Å². The molecule has 0 heterocycles. The van der Waals surface area contributed by atoms with E-state index in [2.05, 4.69) is 4.99 Å². The van der Waals surface area contributed by atoms with Gasteiger partial charge in [-0.1, -0.05) is 30.3 Å². The Hall–Kier alpha value is -2.76. The number of rotatable bonds is 2. The number of alkyl halides is 1. The predicted molar refractivity (Wildman–Crippen MR) is 75.5 cm³/mol. The first-order chi connectivity index (χ1) is 10.1. The molecule has 6 heteroatoms. The van der Waals surface area contributed by atoms with Gasteiger partial charge in [-0.05, 0) is 5.56 Å². The van der Waals surface area contributed by atoms with Gasteiger partial charge in [0.1, 0.15) is 34.4 Å². The molecule has 102 valence electrons. The van der Waals surface area contributed by atoms with Crippen molar-refractivity contribution >= 4 is 28.9 Å². The monoisotopic (exact) mass is 297 g/mol. The van der Waals surface area contributed by atoms with Gasteiger partial charge in [0.15, 0.2) is 5.78 Å². The van der Waals surface area contributed by atoms with Crippen LogP contribution in [0.5, 0.6) is 0 Å². The van der Waals surface area contributed by atoms with Crippen LogP contribution >= 0.6 is 11.6 Å². The van der Waals surface area contributed by atoms with Crippen LogP contribution in [0.2, 0.25) is 0 Å². The van der Waals surface area contributed by atoms with Crippen LogP contribution in [-0.2, 0) is 16.1 Å². The average molecular weight is 298 g/mol. The molecule has 0 aliphatic heterocycles. The molecule has 0 fully saturated rings. The Morgan fingerprint density at radius 2 is 1.71 bits per heavy atom. The van der Waals surface area contributed by atoms with Crippen LogP contribution in [0.15, 0.2) is 46.5 Å². The number of aliphatic imine (C=N–C) groups is 1. The Bertz CT molecular complexity index is 751. The lowest BCUT2D eigenvalue weighted by molar-refractivity contribution is -0.116. The fraction of sp³-hybridized carbons (Fsp3) is 0.133. The molecule has 0 N–H and O–H groups in total. The van der Waals surface area contributed by atoms with E-state index in [-0.39, 0.29) is 12.3 Å². The minimum absolute atomic E-state index is 0.166. The second-order valence-electron chi connectivity index (χ2n) is 4.22. The lowest BCUT2D eigenvalue weighted by atomic mass is 9.89. The van der Waals surface area contributed by atoms with E-state index in [0.29, 0.717) is 0 Å². The van der Waals surface area contributed by atoms with Crippen LogP contribution in [0, 0.1) is 22.7 Å². The number of hydrogen-bond donors (Lipinski definition) is 0. The maximum absolute atomic E-state index is 12.1. The number of halogens is 1. The molecule has 5 nitrogen and oxygen atoms in total. The Balaban J connectivity index is 2.40. The molecule has 0 unspecified atom stereocenters. The van der Waals surface area contributed by atoms with Crippen LogP contribution in [-0.4, -0.2) is 22.7 Å². The van der Waals surface area contributed by atoms with Crippen LogP contribution in [0.1, 0.15) is 5.56 Å². The van der Waals surface area contributed by atoms with E-state index in [1.54, 1.807) is 12.1 Å². The Labute approximate surface area is 125 Å². The summed E-state index contributed by atoms with van der Waals surface area (Å²) in [5.74, 6) is -1.52. The third-order valence-electron chi connectivity index (χ3n) is 2.92. The summed E-state index contributed by atoms with van der Waals surface area (Å²) in [4.78, 5) is 28.1. The maximum atomic E-state index is 12.1. The van der Waals surface area contributed by atoms with Gasteiger partial charge in [-0.25, -0.2) is 0 Å². The van der Waals surface area contributed by atoms with E-state index in [4.69, 9.17) is 22.1 Å². The zero-order valence-corrected chi connectivity index (χ0v) is 11.5. The molecule has 0 bridgehead atoms. The van der Waals surface area contributed by atoms with E-state index < -0.39 is 28.1 Å². The predicted octanol–water partition coefficient (Wildman–Crippen LogP) is 1.73. The Kier molecular flexibility index (Phi) is 4.27. The van der Waals surface area contributed by atoms with Gasteiger partial charge in [-0.2, -0.15) is 10.5 Å². The third-order valence-corrected chi connectivity index (χ3v) is 3.33. The Morgan fingerprint density at radius 1 is 1.10 bits per heavy atom. The van der Waals surface area contributed by atoms with Gasteiger partial charge in [0.2, 0.25) is 5.78 Å². The Morgan fingerprint density at radius 3 is 2.29 bits per heavy atom. The van der Waals surface area contributed by atoms with E-state index >= 15 is 0 Å². The van der Waals surface area contributed by atoms with Gasteiger partial charge in [0, 0.05) is 0 Å². The minimum atomic E-state index is -1.33. The van der Waals surface area contributed by atoms with Gasteiger partial charge in [-0.15, -0.1) is 11.6 Å². The van der Waals surface area contributed by atoms with Gasteiger partial charge >= 0.3 is 0 Å². The maximum Gasteiger partial charge on any atom is 0.220 e. The summed E-state index contributed by atoms with van der Waals surface area (Å²) < 4.78 is 0. The van der Waals surface area contributed by atoms with Crippen molar-refractivity contribution < 1.29 is 9.59 Å². The lowest BCUT2D eigenvalue weighted by Gasteiger charge is -2.16. The zero-order chi connectivity index (χ0) is 15.4. The van der Waals surface area contributed by atoms with Crippen molar-refractivity contribution in [3.05, 3.63) is 47.0 Å². The molecule has 21 heavy (non-hydrogen) atoms. The summed E-state index contributed by atoms with van der Waals surface area (Å²) in [6.07, 6.45) is 0. The molecule has 0 spiro atoms. The average Bonchev–Trinajstić information content (AvgIpc) is 2.51. The number of carbonyl (C=O) groups excluding carboxylic acids is 2. The topological polar surface area (TPSA) is 94.1 Å². The van der Waals surface area contributed by atoms with Crippen molar-refractivity contribution in [3.63, 3.8) is 0 Å². The van der Waals surface area contributed by atoms with E-state index in [0.717, 1.165) is 5.56 Å². The summed E-state index contributed by atoms with van der Waals surface area (Å²) >= 11 is 5.89. The van der Waals surface area contributed by atoms with Crippen LogP contribution in [0.25, 0.3) is 0 Å². The van der Waals surface area contributed by atoms with Crippen LogP contribution in [0.4, 0.5) is 0 Å². The molecule has 1 aliphatic carbocycles. The van der Waals surface area contributed by atoms with Crippen LogP contribution in [0.3, 0.4) is 0 Å². The number of allylic oxidation sites excluding steroid dienone is 2. The normalized spacial score (nSPS) is 20.3. The summed E-state index contributed by atoms with van der Waals surface area (Å²) in [7, 11) is 0. The smallest absolute Gasteiger partial charge is 0.220 e. The van der Waals surface area contributed by atoms with E-state index in [1.165, 1.54) is 0 Å². The number of nitrogens with zero attached hydrogens (tertiary/aromatic N) is 3. The van der Waals surface area contributed by atoms with Gasteiger partial charge < -0.3 is 0 Å². The molecule has 1 aliphatic rings. The molecule has 0 amide bonds. The van der Waals surface area contributed by atoms with Crippen molar-refractivity contribution in [2.75, 3.05) is 0 Å². The number of Topliss-reactive ketones (excluding diaryl/α,β-unsaturated/α-hetero) is 2. The molecule has 2 rings (SSSR count). The SMILES string of the molecule is N#CC1=C(C#N)C(=O)[C@@H](Cl)C(=NCc2ccccc2)C1=O. The zero-order valence-electron chi connectivity index (χ0n) is 10.7. The summed E-state index contributed by atoms with van der Waals surface area (Å²) in [5, 5.41) is 16.5. The van der Waals surface area contributed by atoms with E-state index in [9.17, 15) is 9.59 Å². The first-order valence-electron chi connectivity index (χ1n) is 5.96. The van der Waals surface area contributed by atoms with Crippen molar-refractivity contribution in [1.29, 1.82) is 10.5 Å². The molecule has 1 aromatic rings. The quantitative estimate of drug-likeness (QED) is 0.777. The lowest BCUT2D eigenvalue weighted by Crippen LogP contribution is -2.39. The molecule has 0 aromatic heterocycles. The highest BCUT2D eigenvalue weighted by Gasteiger charge is 2.39. The second kappa shape index (κ2) is 6.13. The first kappa shape index (κ1) is 14.6. The van der Waals surface area contributed by atoms with Crippen molar-refractivity contribution in [2.24, 2.45) is 4.99 Å². The van der Waals surface area contributed by atoms with Crippen molar-refractivity contribution in [2.45, 2.75) is 11.9 Å². The van der Waals surface area contributed by atoms with Crippen LogP contribution < -0.4 is 0 Å².